The van der Waals surface area contributed by atoms with Gasteiger partial charge in [0.15, 0.2) is 11.5 Å². The number of nitrogens with zero attached hydrogens (tertiary/aromatic N) is 6. The van der Waals surface area contributed by atoms with Gasteiger partial charge in [-0.2, -0.15) is 4.98 Å². The van der Waals surface area contributed by atoms with E-state index in [1.165, 1.54) is 6.20 Å². The van der Waals surface area contributed by atoms with Crippen LogP contribution in [0.3, 0.4) is 0 Å². The molecular formula is C41H54N8O4. The minimum atomic E-state index is -0.407. The molecule has 3 aromatic carbocycles. The van der Waals surface area contributed by atoms with Gasteiger partial charge in [0.05, 0.1) is 7.11 Å². The van der Waals surface area contributed by atoms with Crippen molar-refractivity contribution >= 4 is 34.8 Å². The molecule has 0 aliphatic carbocycles. The standard InChI is InChI=1S/C41H54N8O4/c1-8-48(9-2)37(50)20-14-31-13-19-35(52-7)36(27-31)53-40-34(39(51)44-38-29(3)11-10-12-30(38)4)28-42-41(45-40)43-32-15-17-33(18-16-32)49-25-23-47(24-26-49)22-21-46(5)6/h10-13,15-19,27-28H,8-9,14,20-26H2,1-7H3,(H,44,51)(H,42,43,45). The predicted molar refractivity (Wildman–Crippen MR) is 212 cm³/mol. The first-order valence-electron chi connectivity index (χ1n) is 18.4. The number of anilines is 4. The second-order valence-electron chi connectivity index (χ2n) is 13.6. The minimum absolute atomic E-state index is 0.0599. The summed E-state index contributed by atoms with van der Waals surface area (Å²) in [5.74, 6) is 0.853. The Morgan fingerprint density at radius 1 is 0.906 bits per heavy atom. The van der Waals surface area contributed by atoms with Crippen LogP contribution in [0.2, 0.25) is 0 Å². The molecule has 282 valence electrons. The molecule has 1 saturated heterocycles. The molecule has 1 aliphatic heterocycles. The van der Waals surface area contributed by atoms with Gasteiger partial charge >= 0.3 is 0 Å². The summed E-state index contributed by atoms with van der Waals surface area (Å²) in [4.78, 5) is 44.7. The maximum absolute atomic E-state index is 13.8. The number of carbonyl (C=O) groups is 2. The van der Waals surface area contributed by atoms with Crippen molar-refractivity contribution in [3.05, 3.63) is 89.1 Å². The van der Waals surface area contributed by atoms with Crippen molar-refractivity contribution in [2.75, 3.05) is 89.1 Å². The Hall–Kier alpha value is -5.20. The first-order chi connectivity index (χ1) is 25.6. The fourth-order valence-electron chi connectivity index (χ4n) is 6.35. The van der Waals surface area contributed by atoms with E-state index >= 15 is 0 Å². The summed E-state index contributed by atoms with van der Waals surface area (Å²) in [6, 6.07) is 19.6. The highest BCUT2D eigenvalue weighted by molar-refractivity contribution is 6.06. The Labute approximate surface area is 314 Å². The van der Waals surface area contributed by atoms with Crippen LogP contribution in [0.5, 0.6) is 17.4 Å². The van der Waals surface area contributed by atoms with Crippen molar-refractivity contribution < 1.29 is 19.1 Å². The number of piperazine rings is 1. The van der Waals surface area contributed by atoms with E-state index in [1.807, 2.05) is 75.1 Å². The SMILES string of the molecule is CCN(CC)C(=O)CCc1ccc(OC)c(Oc2nc(Nc3ccc(N4CCN(CCN(C)C)CC4)cc3)ncc2C(=O)Nc2c(C)cccc2C)c1. The molecule has 0 spiro atoms. The molecule has 0 radical (unpaired) electrons. The Bertz CT molecular complexity index is 1820. The molecule has 0 atom stereocenters. The third-order valence-electron chi connectivity index (χ3n) is 9.62. The van der Waals surface area contributed by atoms with Crippen LogP contribution in [0.15, 0.2) is 66.9 Å². The maximum Gasteiger partial charge on any atom is 0.262 e. The highest BCUT2D eigenvalue weighted by Crippen LogP contribution is 2.35. The summed E-state index contributed by atoms with van der Waals surface area (Å²) in [6.45, 7) is 15.4. The summed E-state index contributed by atoms with van der Waals surface area (Å²) >= 11 is 0. The minimum Gasteiger partial charge on any atom is -0.493 e. The van der Waals surface area contributed by atoms with Crippen LogP contribution in [-0.2, 0) is 11.2 Å². The molecule has 1 fully saturated rings. The zero-order valence-corrected chi connectivity index (χ0v) is 32.2. The number of hydrogen-bond acceptors (Lipinski definition) is 10. The van der Waals surface area contributed by atoms with E-state index in [9.17, 15) is 9.59 Å². The van der Waals surface area contributed by atoms with Gasteiger partial charge in [-0.05, 0) is 101 Å². The van der Waals surface area contributed by atoms with Gasteiger partial charge in [0.2, 0.25) is 17.7 Å². The molecule has 2 heterocycles. The van der Waals surface area contributed by atoms with Crippen molar-refractivity contribution in [1.29, 1.82) is 0 Å². The van der Waals surface area contributed by atoms with Crippen molar-refractivity contribution in [1.82, 2.24) is 24.7 Å². The van der Waals surface area contributed by atoms with Crippen molar-refractivity contribution in [2.45, 2.75) is 40.5 Å². The third kappa shape index (κ3) is 10.5. The van der Waals surface area contributed by atoms with E-state index in [4.69, 9.17) is 14.5 Å². The average Bonchev–Trinajstić information content (AvgIpc) is 3.16. The van der Waals surface area contributed by atoms with Gasteiger partial charge in [0, 0.05) is 82.0 Å². The largest absolute Gasteiger partial charge is 0.493 e. The zero-order valence-electron chi connectivity index (χ0n) is 32.2. The van der Waals surface area contributed by atoms with Gasteiger partial charge < -0.3 is 34.8 Å². The normalized spacial score (nSPS) is 13.2. The van der Waals surface area contributed by atoms with E-state index in [2.05, 4.69) is 56.5 Å². The van der Waals surface area contributed by atoms with E-state index < -0.39 is 5.91 Å². The van der Waals surface area contributed by atoms with Crippen LogP contribution in [0.4, 0.5) is 23.0 Å². The second kappa shape index (κ2) is 18.5. The molecule has 0 saturated carbocycles. The van der Waals surface area contributed by atoms with Gasteiger partial charge in [0.1, 0.15) is 5.56 Å². The highest BCUT2D eigenvalue weighted by Gasteiger charge is 2.22. The smallest absolute Gasteiger partial charge is 0.262 e. The second-order valence-corrected chi connectivity index (χ2v) is 13.6. The number of likely N-dealkylation sites (N-methyl/N-ethyl adjacent to an activating group) is 1. The lowest BCUT2D eigenvalue weighted by Gasteiger charge is -2.36. The molecule has 12 heteroatoms. The molecule has 4 aromatic rings. The third-order valence-corrected chi connectivity index (χ3v) is 9.62. The predicted octanol–water partition coefficient (Wildman–Crippen LogP) is 6.37. The summed E-state index contributed by atoms with van der Waals surface area (Å²) < 4.78 is 12.1. The van der Waals surface area contributed by atoms with Crippen LogP contribution < -0.4 is 25.0 Å². The molecule has 53 heavy (non-hydrogen) atoms. The lowest BCUT2D eigenvalue weighted by Crippen LogP contribution is -2.48. The average molecular weight is 723 g/mol. The molecule has 0 unspecified atom stereocenters. The number of carbonyl (C=O) groups excluding carboxylic acids is 2. The lowest BCUT2D eigenvalue weighted by atomic mass is 10.1. The maximum atomic E-state index is 13.8. The molecule has 1 aliphatic rings. The number of para-hydroxylation sites is 1. The Morgan fingerprint density at radius 2 is 1.60 bits per heavy atom. The van der Waals surface area contributed by atoms with Gasteiger partial charge in [-0.1, -0.05) is 24.3 Å². The first kappa shape index (κ1) is 39.0. The van der Waals surface area contributed by atoms with Crippen molar-refractivity contribution in [3.8, 4) is 17.4 Å². The van der Waals surface area contributed by atoms with Crippen LogP contribution in [0.1, 0.15) is 47.3 Å². The number of hydrogen-bond donors (Lipinski definition) is 2. The number of amides is 2. The van der Waals surface area contributed by atoms with Crippen molar-refractivity contribution in [2.24, 2.45) is 0 Å². The molecule has 1 aromatic heterocycles. The zero-order chi connectivity index (χ0) is 37.9. The number of benzene rings is 3. The van der Waals surface area contributed by atoms with Crippen LogP contribution in [0.25, 0.3) is 0 Å². The number of aromatic nitrogens is 2. The quantitative estimate of drug-likeness (QED) is 0.135. The number of aryl methyl sites for hydroxylation is 3. The summed E-state index contributed by atoms with van der Waals surface area (Å²) in [5, 5.41) is 6.32. The van der Waals surface area contributed by atoms with Gasteiger partial charge in [-0.3, -0.25) is 14.5 Å². The van der Waals surface area contributed by atoms with Gasteiger partial charge in [-0.25, -0.2) is 4.98 Å². The topological polar surface area (TPSA) is 115 Å². The first-order valence-corrected chi connectivity index (χ1v) is 18.4. The highest BCUT2D eigenvalue weighted by atomic mass is 16.5. The molecule has 0 bridgehead atoms. The Morgan fingerprint density at radius 3 is 2.25 bits per heavy atom. The number of ether oxygens (including phenoxy) is 2. The molecule has 2 amide bonds. The van der Waals surface area contributed by atoms with Crippen LogP contribution in [0, 0.1) is 13.8 Å². The Kier molecular flexibility index (Phi) is 13.6. The van der Waals surface area contributed by atoms with E-state index in [1.54, 1.807) is 13.2 Å². The summed E-state index contributed by atoms with van der Waals surface area (Å²) in [5.41, 5.74) is 5.60. The molecule has 2 N–H and O–H groups in total. The van der Waals surface area contributed by atoms with Gasteiger partial charge in [0.25, 0.3) is 5.91 Å². The Balaban J connectivity index is 1.37. The fraction of sp³-hybridized carbons (Fsp3) is 0.415. The molecule has 5 rings (SSSR count). The van der Waals surface area contributed by atoms with Crippen LogP contribution >= 0.6 is 0 Å². The molecular weight excluding hydrogens is 669 g/mol. The monoisotopic (exact) mass is 722 g/mol. The summed E-state index contributed by atoms with van der Waals surface area (Å²) in [7, 11) is 5.78. The fourth-order valence-corrected chi connectivity index (χ4v) is 6.35. The van der Waals surface area contributed by atoms with E-state index in [0.717, 1.165) is 73.0 Å². The molecule has 12 nitrogen and oxygen atoms in total. The lowest BCUT2D eigenvalue weighted by molar-refractivity contribution is -0.130. The summed E-state index contributed by atoms with van der Waals surface area (Å²) in [6.07, 6.45) is 2.36. The number of methoxy groups -OCH3 is 1. The number of nitrogens with one attached hydrogen (secondary N) is 2. The van der Waals surface area contributed by atoms with E-state index in [-0.39, 0.29) is 23.3 Å². The van der Waals surface area contributed by atoms with Gasteiger partial charge in [-0.15, -0.1) is 0 Å². The van der Waals surface area contributed by atoms with Crippen LogP contribution in [-0.4, -0.2) is 110 Å². The van der Waals surface area contributed by atoms with E-state index in [0.29, 0.717) is 37.4 Å². The van der Waals surface area contributed by atoms with Crippen molar-refractivity contribution in [3.63, 3.8) is 0 Å². The number of rotatable bonds is 16.